The van der Waals surface area contributed by atoms with Crippen LogP contribution in [-0.2, 0) is 0 Å². The van der Waals surface area contributed by atoms with Gasteiger partial charge in [0.1, 0.15) is 0 Å². The van der Waals surface area contributed by atoms with Crippen LogP contribution in [0.2, 0.25) is 0 Å². The second-order valence-corrected chi connectivity index (χ2v) is 6.24. The Morgan fingerprint density at radius 1 is 1.09 bits per heavy atom. The minimum atomic E-state index is -0.219. The third-order valence-corrected chi connectivity index (χ3v) is 4.80. The van der Waals surface area contributed by atoms with Crippen molar-refractivity contribution in [2.75, 3.05) is 13.2 Å². The minimum Gasteiger partial charge on any atom is -0.282 e. The number of fused-ring (bicyclic) bond motifs is 1. The fraction of sp³-hybridized carbons (Fsp3) is 0.500. The molecule has 1 aliphatic heterocycles. The number of nitriles is 1. The lowest BCUT2D eigenvalue weighted by Gasteiger charge is -2.35. The number of carbonyl (C=O) groups excluding carboxylic acids is 2. The summed E-state index contributed by atoms with van der Waals surface area (Å²) < 4.78 is 0. The number of imide groups is 1. The highest BCUT2D eigenvalue weighted by Gasteiger charge is 2.37. The molecule has 3 rings (SSSR count). The summed E-state index contributed by atoms with van der Waals surface area (Å²) in [5.74, 6) is -0.438. The molecule has 0 aromatic heterocycles. The van der Waals surface area contributed by atoms with E-state index in [9.17, 15) is 9.59 Å². The summed E-state index contributed by atoms with van der Waals surface area (Å²) in [6, 6.07) is 9.50. The van der Waals surface area contributed by atoms with Crippen molar-refractivity contribution >= 4 is 11.8 Å². The molecular weight excluding hydrogens is 290 g/mol. The number of hydrogen-bond acceptors (Lipinski definition) is 4. The summed E-state index contributed by atoms with van der Waals surface area (Å²) in [5.41, 5.74) is 0.975. The number of hydrogen-bond donors (Lipinski definition) is 0. The molecule has 1 heterocycles. The molecular formula is C18H21N3O2. The van der Waals surface area contributed by atoms with Crippen LogP contribution < -0.4 is 0 Å². The van der Waals surface area contributed by atoms with Crippen LogP contribution in [0, 0.1) is 11.3 Å². The molecule has 2 aliphatic rings. The Balaban J connectivity index is 1.76. The van der Waals surface area contributed by atoms with Gasteiger partial charge in [0, 0.05) is 19.0 Å². The number of benzene rings is 1. The predicted molar refractivity (Wildman–Crippen MR) is 85.6 cm³/mol. The molecule has 0 N–H and O–H groups in total. The van der Waals surface area contributed by atoms with Crippen LogP contribution in [0.5, 0.6) is 0 Å². The summed E-state index contributed by atoms with van der Waals surface area (Å²) in [6.45, 7) is 0.896. The van der Waals surface area contributed by atoms with Crippen molar-refractivity contribution in [2.24, 2.45) is 0 Å². The van der Waals surface area contributed by atoms with Crippen molar-refractivity contribution in [3.05, 3.63) is 35.4 Å². The Bertz CT molecular complexity index is 609. The Labute approximate surface area is 136 Å². The zero-order chi connectivity index (χ0) is 16.2. The maximum absolute atomic E-state index is 12.5. The van der Waals surface area contributed by atoms with Gasteiger partial charge in [0.05, 0.1) is 23.9 Å². The van der Waals surface area contributed by atoms with Crippen molar-refractivity contribution in [1.82, 2.24) is 9.80 Å². The van der Waals surface area contributed by atoms with E-state index >= 15 is 0 Å². The smallest absolute Gasteiger partial charge is 0.262 e. The predicted octanol–water partition coefficient (Wildman–Crippen LogP) is 2.79. The zero-order valence-electron chi connectivity index (χ0n) is 13.2. The van der Waals surface area contributed by atoms with Crippen LogP contribution in [0.15, 0.2) is 24.3 Å². The van der Waals surface area contributed by atoms with Crippen molar-refractivity contribution in [1.29, 1.82) is 5.26 Å². The number of nitrogens with zero attached hydrogens (tertiary/aromatic N) is 3. The Kier molecular flexibility index (Phi) is 4.73. The lowest BCUT2D eigenvalue weighted by atomic mass is 9.94. The fourth-order valence-electron chi connectivity index (χ4n) is 3.56. The molecule has 120 valence electrons. The van der Waals surface area contributed by atoms with Gasteiger partial charge in [0.2, 0.25) is 0 Å². The molecule has 2 amide bonds. The van der Waals surface area contributed by atoms with E-state index in [1.54, 1.807) is 24.3 Å². The first-order chi connectivity index (χ1) is 11.2. The summed E-state index contributed by atoms with van der Waals surface area (Å²) in [5, 5.41) is 8.90. The molecule has 5 heteroatoms. The summed E-state index contributed by atoms with van der Waals surface area (Å²) >= 11 is 0. The normalized spacial score (nSPS) is 18.3. The van der Waals surface area contributed by atoms with Crippen LogP contribution in [0.4, 0.5) is 0 Å². The second kappa shape index (κ2) is 6.93. The van der Waals surface area contributed by atoms with Crippen LogP contribution in [0.1, 0.15) is 59.2 Å². The lowest BCUT2D eigenvalue weighted by molar-refractivity contribution is 0.0449. The van der Waals surface area contributed by atoms with Gasteiger partial charge < -0.3 is 0 Å². The van der Waals surface area contributed by atoms with Crippen molar-refractivity contribution in [3.63, 3.8) is 0 Å². The highest BCUT2D eigenvalue weighted by molar-refractivity contribution is 6.21. The fourth-order valence-corrected chi connectivity index (χ4v) is 3.56. The number of rotatable bonds is 5. The molecule has 1 fully saturated rings. The molecule has 0 bridgehead atoms. The van der Waals surface area contributed by atoms with Crippen molar-refractivity contribution in [2.45, 2.75) is 44.6 Å². The maximum atomic E-state index is 12.5. The molecule has 1 saturated carbocycles. The quantitative estimate of drug-likeness (QED) is 0.784. The third-order valence-electron chi connectivity index (χ3n) is 4.80. The van der Waals surface area contributed by atoms with Gasteiger partial charge in [0.25, 0.3) is 11.8 Å². The summed E-state index contributed by atoms with van der Waals surface area (Å²) in [4.78, 5) is 28.5. The standard InChI is InChI=1S/C18H21N3O2/c19-11-6-12-20(14-7-2-1-3-8-14)13-21-17(22)15-9-4-5-10-16(15)18(21)23/h4-5,9-10,14H,1-3,6-8,12-13H2. The topological polar surface area (TPSA) is 64.4 Å². The number of carbonyl (C=O) groups is 2. The Hall–Kier alpha value is -2.19. The van der Waals surface area contributed by atoms with Gasteiger partial charge in [0.15, 0.2) is 0 Å². The minimum absolute atomic E-state index is 0.219. The Morgan fingerprint density at radius 2 is 1.70 bits per heavy atom. The lowest BCUT2D eigenvalue weighted by Crippen LogP contribution is -2.47. The first kappa shape index (κ1) is 15.7. The molecule has 1 aromatic carbocycles. The van der Waals surface area contributed by atoms with E-state index in [1.807, 2.05) is 0 Å². The zero-order valence-corrected chi connectivity index (χ0v) is 13.2. The maximum Gasteiger partial charge on any atom is 0.262 e. The monoisotopic (exact) mass is 311 g/mol. The second-order valence-electron chi connectivity index (χ2n) is 6.24. The van der Waals surface area contributed by atoms with Crippen LogP contribution in [-0.4, -0.2) is 40.9 Å². The molecule has 0 radical (unpaired) electrons. The Morgan fingerprint density at radius 3 is 2.26 bits per heavy atom. The average molecular weight is 311 g/mol. The largest absolute Gasteiger partial charge is 0.282 e. The molecule has 0 unspecified atom stereocenters. The molecule has 1 aliphatic carbocycles. The SMILES string of the molecule is N#CCCN(CN1C(=O)c2ccccc2C1=O)C1CCCCC1. The van der Waals surface area contributed by atoms with Crippen LogP contribution in [0.3, 0.4) is 0 Å². The van der Waals surface area contributed by atoms with Gasteiger partial charge in [-0.2, -0.15) is 5.26 Å². The molecule has 1 aromatic rings. The summed E-state index contributed by atoms with van der Waals surface area (Å²) in [6.07, 6.45) is 6.17. The third kappa shape index (κ3) is 3.13. The van der Waals surface area contributed by atoms with Gasteiger partial charge in [-0.3, -0.25) is 19.4 Å². The van der Waals surface area contributed by atoms with E-state index in [0.717, 1.165) is 12.8 Å². The van der Waals surface area contributed by atoms with Crippen molar-refractivity contribution < 1.29 is 9.59 Å². The van der Waals surface area contributed by atoms with Gasteiger partial charge in [-0.1, -0.05) is 31.4 Å². The first-order valence-electron chi connectivity index (χ1n) is 8.28. The van der Waals surface area contributed by atoms with Gasteiger partial charge >= 0.3 is 0 Å². The van der Waals surface area contributed by atoms with Gasteiger partial charge in [-0.25, -0.2) is 0 Å². The highest BCUT2D eigenvalue weighted by atomic mass is 16.2. The van der Waals surface area contributed by atoms with Crippen LogP contribution in [0.25, 0.3) is 0 Å². The molecule has 23 heavy (non-hydrogen) atoms. The first-order valence-corrected chi connectivity index (χ1v) is 8.28. The average Bonchev–Trinajstić information content (AvgIpc) is 2.84. The van der Waals surface area contributed by atoms with Gasteiger partial charge in [-0.15, -0.1) is 0 Å². The molecule has 0 spiro atoms. The molecule has 0 atom stereocenters. The van der Waals surface area contributed by atoms with E-state index in [-0.39, 0.29) is 11.8 Å². The van der Waals surface area contributed by atoms with E-state index in [0.29, 0.717) is 36.8 Å². The summed E-state index contributed by atoms with van der Waals surface area (Å²) in [7, 11) is 0. The number of amides is 2. The molecule has 5 nitrogen and oxygen atoms in total. The highest BCUT2D eigenvalue weighted by Crippen LogP contribution is 2.26. The molecule has 0 saturated heterocycles. The van der Waals surface area contributed by atoms with E-state index < -0.39 is 0 Å². The van der Waals surface area contributed by atoms with E-state index in [2.05, 4.69) is 11.0 Å². The van der Waals surface area contributed by atoms with Crippen LogP contribution >= 0.6 is 0 Å². The van der Waals surface area contributed by atoms with E-state index in [4.69, 9.17) is 5.26 Å². The van der Waals surface area contributed by atoms with Gasteiger partial charge in [-0.05, 0) is 25.0 Å². The van der Waals surface area contributed by atoms with E-state index in [1.165, 1.54) is 24.2 Å². The van der Waals surface area contributed by atoms with Crippen molar-refractivity contribution in [3.8, 4) is 6.07 Å².